The van der Waals surface area contributed by atoms with E-state index >= 15 is 0 Å². The smallest absolute Gasteiger partial charge is 0.288 e. The normalized spacial score (nSPS) is 14.7. The molecule has 0 atom stereocenters. The summed E-state index contributed by atoms with van der Waals surface area (Å²) in [7, 11) is 0. The molecular formula is C16H17N3O. The summed E-state index contributed by atoms with van der Waals surface area (Å²) in [6.45, 7) is 0. The van der Waals surface area contributed by atoms with E-state index in [2.05, 4.69) is 21.9 Å². The van der Waals surface area contributed by atoms with E-state index in [1.165, 1.54) is 12.8 Å². The van der Waals surface area contributed by atoms with Crippen LogP contribution >= 0.6 is 0 Å². The maximum absolute atomic E-state index is 12.1. The lowest BCUT2D eigenvalue weighted by atomic mass is 10.1. The Labute approximate surface area is 117 Å². The first kappa shape index (κ1) is 12.7. The van der Waals surface area contributed by atoms with Crippen molar-refractivity contribution in [2.75, 3.05) is 0 Å². The summed E-state index contributed by atoms with van der Waals surface area (Å²) in [6, 6.07) is 11.4. The van der Waals surface area contributed by atoms with E-state index < -0.39 is 0 Å². The molecule has 1 heterocycles. The number of allylic oxidation sites excluding steroid dienone is 2. The third-order valence-electron chi connectivity index (χ3n) is 3.46. The van der Waals surface area contributed by atoms with Crippen molar-refractivity contribution in [3.05, 3.63) is 53.9 Å². The van der Waals surface area contributed by atoms with Gasteiger partial charge in [-0.2, -0.15) is 0 Å². The summed E-state index contributed by atoms with van der Waals surface area (Å²) in [6.07, 6.45) is 6.60. The molecule has 0 saturated heterocycles. The molecule has 3 rings (SSSR count). The summed E-state index contributed by atoms with van der Waals surface area (Å²) >= 11 is 0. The van der Waals surface area contributed by atoms with Crippen molar-refractivity contribution in [2.45, 2.75) is 25.7 Å². The van der Waals surface area contributed by atoms with Gasteiger partial charge in [0.2, 0.25) is 0 Å². The minimum Gasteiger partial charge on any atom is -0.303 e. The predicted octanol–water partition coefficient (Wildman–Crippen LogP) is 2.93. The number of fused-ring (bicyclic) bond motifs is 1. The molecule has 0 aliphatic heterocycles. The maximum atomic E-state index is 12.1. The van der Waals surface area contributed by atoms with Crippen molar-refractivity contribution in [1.29, 1.82) is 0 Å². The molecule has 0 bridgehead atoms. The molecule has 2 aromatic rings. The second-order valence-electron chi connectivity index (χ2n) is 4.94. The average Bonchev–Trinajstić information content (AvgIpc) is 2.53. The van der Waals surface area contributed by atoms with Crippen LogP contribution in [-0.2, 0) is 0 Å². The van der Waals surface area contributed by atoms with Gasteiger partial charge in [0.25, 0.3) is 5.91 Å². The number of amides is 1. The zero-order valence-electron chi connectivity index (χ0n) is 11.2. The van der Waals surface area contributed by atoms with E-state index in [0.29, 0.717) is 5.69 Å². The van der Waals surface area contributed by atoms with Gasteiger partial charge < -0.3 is 5.43 Å². The third kappa shape index (κ3) is 2.79. The molecule has 0 saturated carbocycles. The first-order chi connectivity index (χ1) is 9.83. The van der Waals surface area contributed by atoms with Crippen molar-refractivity contribution in [1.82, 2.24) is 15.8 Å². The topological polar surface area (TPSA) is 54.0 Å². The molecule has 4 heteroatoms. The Hall–Kier alpha value is -2.36. The Kier molecular flexibility index (Phi) is 3.63. The van der Waals surface area contributed by atoms with Gasteiger partial charge in [-0.25, -0.2) is 4.98 Å². The van der Waals surface area contributed by atoms with Gasteiger partial charge in [0.1, 0.15) is 5.69 Å². The van der Waals surface area contributed by atoms with Crippen LogP contribution in [0.15, 0.2) is 48.2 Å². The van der Waals surface area contributed by atoms with E-state index in [1.807, 2.05) is 30.3 Å². The molecule has 20 heavy (non-hydrogen) atoms. The number of carbonyl (C=O) groups excluding carboxylic acids is 1. The summed E-state index contributed by atoms with van der Waals surface area (Å²) in [4.78, 5) is 16.4. The minimum atomic E-state index is -0.206. The monoisotopic (exact) mass is 267 g/mol. The molecule has 4 nitrogen and oxygen atoms in total. The van der Waals surface area contributed by atoms with Crippen molar-refractivity contribution in [3.63, 3.8) is 0 Å². The average molecular weight is 267 g/mol. The van der Waals surface area contributed by atoms with Gasteiger partial charge in [0.15, 0.2) is 0 Å². The second-order valence-corrected chi connectivity index (χ2v) is 4.94. The van der Waals surface area contributed by atoms with Crippen LogP contribution in [0.2, 0.25) is 0 Å². The van der Waals surface area contributed by atoms with Gasteiger partial charge in [-0.3, -0.25) is 10.2 Å². The first-order valence-corrected chi connectivity index (χ1v) is 6.94. The molecule has 0 radical (unpaired) electrons. The largest absolute Gasteiger partial charge is 0.303 e. The first-order valence-electron chi connectivity index (χ1n) is 6.94. The number of rotatable bonds is 3. The fraction of sp³-hybridized carbons (Fsp3) is 0.250. The zero-order chi connectivity index (χ0) is 13.8. The summed E-state index contributed by atoms with van der Waals surface area (Å²) in [5.74, 6) is -0.206. The Morgan fingerprint density at radius 1 is 1.10 bits per heavy atom. The number of hydrogen-bond acceptors (Lipinski definition) is 3. The van der Waals surface area contributed by atoms with Crippen molar-refractivity contribution >= 4 is 16.8 Å². The number of nitrogens with zero attached hydrogens (tertiary/aromatic N) is 1. The molecule has 1 amide bonds. The van der Waals surface area contributed by atoms with E-state index in [1.54, 1.807) is 6.07 Å². The molecule has 1 aliphatic rings. The number of nitrogens with one attached hydrogen (secondary N) is 2. The van der Waals surface area contributed by atoms with Crippen LogP contribution in [0.4, 0.5) is 0 Å². The van der Waals surface area contributed by atoms with Crippen LogP contribution < -0.4 is 10.9 Å². The maximum Gasteiger partial charge on any atom is 0.288 e. The quantitative estimate of drug-likeness (QED) is 0.841. The molecule has 0 spiro atoms. The standard InChI is InChI=1S/C16H17N3O/c20-16(19-18-13-7-2-1-3-8-13)15-11-10-12-6-4-5-9-14(12)17-15/h4-7,9-11,18H,1-3,8H2,(H,19,20). The molecule has 1 aliphatic carbocycles. The van der Waals surface area contributed by atoms with Crippen LogP contribution in [0, 0.1) is 0 Å². The van der Waals surface area contributed by atoms with E-state index in [4.69, 9.17) is 0 Å². The van der Waals surface area contributed by atoms with E-state index in [-0.39, 0.29) is 5.91 Å². The van der Waals surface area contributed by atoms with Gasteiger partial charge in [0, 0.05) is 11.1 Å². The number of hydrogen-bond donors (Lipinski definition) is 2. The van der Waals surface area contributed by atoms with E-state index in [0.717, 1.165) is 29.4 Å². The third-order valence-corrected chi connectivity index (χ3v) is 3.46. The minimum absolute atomic E-state index is 0.206. The van der Waals surface area contributed by atoms with Crippen molar-refractivity contribution < 1.29 is 4.79 Å². The number of pyridine rings is 1. The van der Waals surface area contributed by atoms with Crippen LogP contribution in [0.3, 0.4) is 0 Å². The SMILES string of the molecule is O=C(NNC1=CCCCC1)c1ccc2ccccc2n1. The molecule has 0 unspecified atom stereocenters. The van der Waals surface area contributed by atoms with Gasteiger partial charge in [-0.1, -0.05) is 30.3 Å². The number of carbonyl (C=O) groups is 1. The number of para-hydroxylation sites is 1. The molecule has 102 valence electrons. The number of benzene rings is 1. The molecule has 1 aromatic carbocycles. The summed E-state index contributed by atoms with van der Waals surface area (Å²) < 4.78 is 0. The highest BCUT2D eigenvalue weighted by Gasteiger charge is 2.09. The van der Waals surface area contributed by atoms with Crippen LogP contribution in [0.1, 0.15) is 36.2 Å². The Morgan fingerprint density at radius 2 is 2.00 bits per heavy atom. The summed E-state index contributed by atoms with van der Waals surface area (Å²) in [5.41, 5.74) is 8.05. The molecule has 1 aromatic heterocycles. The van der Waals surface area contributed by atoms with E-state index in [9.17, 15) is 4.79 Å². The Bertz CT molecular complexity index is 664. The Balaban J connectivity index is 1.70. The Morgan fingerprint density at radius 3 is 2.85 bits per heavy atom. The van der Waals surface area contributed by atoms with Gasteiger partial charge in [-0.15, -0.1) is 0 Å². The highest BCUT2D eigenvalue weighted by molar-refractivity contribution is 5.94. The molecule has 2 N–H and O–H groups in total. The van der Waals surface area contributed by atoms with Crippen LogP contribution in [0.25, 0.3) is 10.9 Å². The van der Waals surface area contributed by atoms with Gasteiger partial charge >= 0.3 is 0 Å². The summed E-state index contributed by atoms with van der Waals surface area (Å²) in [5, 5.41) is 1.03. The van der Waals surface area contributed by atoms with Crippen molar-refractivity contribution in [2.24, 2.45) is 0 Å². The zero-order valence-corrected chi connectivity index (χ0v) is 11.2. The predicted molar refractivity (Wildman–Crippen MR) is 78.9 cm³/mol. The second kappa shape index (κ2) is 5.74. The number of hydrazine groups is 1. The fourth-order valence-corrected chi connectivity index (χ4v) is 2.35. The lowest BCUT2D eigenvalue weighted by Gasteiger charge is -2.15. The van der Waals surface area contributed by atoms with Gasteiger partial charge in [0.05, 0.1) is 5.52 Å². The van der Waals surface area contributed by atoms with Crippen LogP contribution in [-0.4, -0.2) is 10.9 Å². The van der Waals surface area contributed by atoms with Crippen molar-refractivity contribution in [3.8, 4) is 0 Å². The highest BCUT2D eigenvalue weighted by Crippen LogP contribution is 2.14. The number of aromatic nitrogens is 1. The lowest BCUT2D eigenvalue weighted by Crippen LogP contribution is -2.37. The fourth-order valence-electron chi connectivity index (χ4n) is 2.35. The molecular weight excluding hydrogens is 250 g/mol. The van der Waals surface area contributed by atoms with Gasteiger partial charge in [-0.05, 0) is 37.8 Å². The lowest BCUT2D eigenvalue weighted by molar-refractivity contribution is 0.0933. The van der Waals surface area contributed by atoms with Crippen LogP contribution in [0.5, 0.6) is 0 Å². The molecule has 0 fully saturated rings. The highest BCUT2D eigenvalue weighted by atomic mass is 16.2.